The molecular formula is C14H30O3. The molecule has 3 nitrogen and oxygen atoms in total. The Balaban J connectivity index is 4.05. The third-order valence-corrected chi connectivity index (χ3v) is 2.15. The predicted octanol–water partition coefficient (Wildman–Crippen LogP) is 4.31. The first-order chi connectivity index (χ1) is 7.67. The maximum atomic E-state index is 5.86. The van der Waals surface area contributed by atoms with Gasteiger partial charge in [-0.05, 0) is 27.2 Å². The summed E-state index contributed by atoms with van der Waals surface area (Å²) >= 11 is 0. The smallest absolute Gasteiger partial charge is 0.196 e. The minimum absolute atomic E-state index is 0.0992. The van der Waals surface area contributed by atoms with Gasteiger partial charge >= 0.3 is 0 Å². The Hall–Kier alpha value is -0.120. The molecule has 0 amide bonds. The van der Waals surface area contributed by atoms with Gasteiger partial charge in [-0.15, -0.1) is 0 Å². The minimum atomic E-state index is -0.343. The van der Waals surface area contributed by atoms with Gasteiger partial charge in [-0.3, -0.25) is 0 Å². The molecule has 0 aromatic rings. The van der Waals surface area contributed by atoms with Crippen LogP contribution in [0.2, 0.25) is 0 Å². The topological polar surface area (TPSA) is 27.7 Å². The lowest BCUT2D eigenvalue weighted by Crippen LogP contribution is -2.38. The zero-order chi connectivity index (χ0) is 13.5. The minimum Gasteiger partial charge on any atom is -0.343 e. The molecule has 0 fully saturated rings. The molecule has 0 N–H and O–H groups in total. The van der Waals surface area contributed by atoms with E-state index in [-0.39, 0.29) is 17.3 Å². The summed E-state index contributed by atoms with van der Waals surface area (Å²) in [6.07, 6.45) is 3.04. The molecule has 0 heterocycles. The van der Waals surface area contributed by atoms with E-state index in [2.05, 4.69) is 27.7 Å². The number of ether oxygens (including phenoxy) is 1. The third kappa shape index (κ3) is 9.57. The van der Waals surface area contributed by atoms with Gasteiger partial charge in [0.1, 0.15) is 0 Å². The maximum Gasteiger partial charge on any atom is 0.196 e. The van der Waals surface area contributed by atoms with E-state index in [9.17, 15) is 0 Å². The number of rotatable bonds is 7. The summed E-state index contributed by atoms with van der Waals surface area (Å²) in [6.45, 7) is 15.1. The fourth-order valence-electron chi connectivity index (χ4n) is 1.18. The van der Waals surface area contributed by atoms with Crippen molar-refractivity contribution < 1.29 is 14.5 Å². The van der Waals surface area contributed by atoms with Gasteiger partial charge in [-0.25, -0.2) is 9.78 Å². The van der Waals surface area contributed by atoms with Gasteiger partial charge in [0.15, 0.2) is 6.29 Å². The van der Waals surface area contributed by atoms with Crippen LogP contribution in [0.1, 0.15) is 67.7 Å². The summed E-state index contributed by atoms with van der Waals surface area (Å²) in [7, 11) is 0. The fraction of sp³-hybridized carbons (Fsp3) is 1.00. The Labute approximate surface area is 107 Å². The molecule has 0 bridgehead atoms. The largest absolute Gasteiger partial charge is 0.343 e. The highest BCUT2D eigenvalue weighted by atomic mass is 17.2. The second-order valence-corrected chi connectivity index (χ2v) is 6.55. The van der Waals surface area contributed by atoms with Crippen LogP contribution in [0.3, 0.4) is 0 Å². The van der Waals surface area contributed by atoms with E-state index >= 15 is 0 Å². The van der Waals surface area contributed by atoms with Gasteiger partial charge in [0, 0.05) is 5.41 Å². The van der Waals surface area contributed by atoms with Gasteiger partial charge in [0.2, 0.25) is 0 Å². The zero-order valence-corrected chi connectivity index (χ0v) is 12.6. The van der Waals surface area contributed by atoms with Crippen LogP contribution in [0, 0.1) is 5.41 Å². The molecule has 0 aliphatic heterocycles. The van der Waals surface area contributed by atoms with Crippen LogP contribution < -0.4 is 0 Å². The van der Waals surface area contributed by atoms with Crippen molar-refractivity contribution >= 4 is 0 Å². The molecule has 0 aromatic heterocycles. The second kappa shape index (κ2) is 7.34. The molecular weight excluding hydrogens is 216 g/mol. The summed E-state index contributed by atoms with van der Waals surface area (Å²) in [6, 6.07) is 0. The lowest BCUT2D eigenvalue weighted by Gasteiger charge is -2.34. The molecule has 3 heteroatoms. The van der Waals surface area contributed by atoms with E-state index in [0.29, 0.717) is 6.61 Å². The first kappa shape index (κ1) is 16.9. The Kier molecular flexibility index (Phi) is 7.29. The highest BCUT2D eigenvalue weighted by molar-refractivity contribution is 4.70. The number of hydrogen-bond donors (Lipinski definition) is 0. The van der Waals surface area contributed by atoms with Crippen molar-refractivity contribution in [3.05, 3.63) is 0 Å². The third-order valence-electron chi connectivity index (χ3n) is 2.15. The molecule has 1 unspecified atom stereocenters. The van der Waals surface area contributed by atoms with Crippen molar-refractivity contribution in [1.29, 1.82) is 0 Å². The first-order valence-electron chi connectivity index (χ1n) is 6.63. The first-order valence-corrected chi connectivity index (χ1v) is 6.63. The average Bonchev–Trinajstić information content (AvgIpc) is 2.12. The number of hydrogen-bond acceptors (Lipinski definition) is 3. The highest BCUT2D eigenvalue weighted by Crippen LogP contribution is 2.27. The summed E-state index contributed by atoms with van der Waals surface area (Å²) < 4.78 is 5.86. The van der Waals surface area contributed by atoms with Gasteiger partial charge in [0.25, 0.3) is 0 Å². The van der Waals surface area contributed by atoms with Crippen LogP contribution in [0.5, 0.6) is 0 Å². The predicted molar refractivity (Wildman–Crippen MR) is 70.6 cm³/mol. The molecule has 0 saturated heterocycles. The van der Waals surface area contributed by atoms with E-state index in [1.54, 1.807) is 0 Å². The molecule has 0 saturated carbocycles. The molecule has 0 aromatic carbocycles. The second-order valence-electron chi connectivity index (χ2n) is 6.55. The van der Waals surface area contributed by atoms with Crippen molar-refractivity contribution in [3.8, 4) is 0 Å². The Morgan fingerprint density at radius 3 is 1.94 bits per heavy atom. The van der Waals surface area contributed by atoms with E-state index < -0.39 is 0 Å². The molecule has 0 radical (unpaired) electrons. The van der Waals surface area contributed by atoms with Crippen LogP contribution in [0.25, 0.3) is 0 Å². The van der Waals surface area contributed by atoms with Gasteiger partial charge in [-0.2, -0.15) is 0 Å². The quantitative estimate of drug-likeness (QED) is 0.290. The van der Waals surface area contributed by atoms with Gasteiger partial charge < -0.3 is 4.74 Å². The molecule has 0 aliphatic carbocycles. The molecule has 17 heavy (non-hydrogen) atoms. The number of unbranched alkanes of at least 4 members (excludes halogenated alkanes) is 2. The van der Waals surface area contributed by atoms with Crippen LogP contribution in [0.4, 0.5) is 0 Å². The molecule has 0 spiro atoms. The molecule has 1 atom stereocenters. The monoisotopic (exact) mass is 246 g/mol. The van der Waals surface area contributed by atoms with Crippen molar-refractivity contribution in [2.24, 2.45) is 5.41 Å². The lowest BCUT2D eigenvalue weighted by atomic mass is 9.95. The summed E-state index contributed by atoms with van der Waals surface area (Å²) in [5.74, 6) is 0. The van der Waals surface area contributed by atoms with Crippen LogP contribution >= 0.6 is 0 Å². The van der Waals surface area contributed by atoms with Crippen molar-refractivity contribution in [2.75, 3.05) is 6.61 Å². The van der Waals surface area contributed by atoms with Gasteiger partial charge in [0.05, 0.1) is 12.2 Å². The summed E-state index contributed by atoms with van der Waals surface area (Å²) in [5.41, 5.74) is -0.331. The standard InChI is InChI=1S/C14H30O3/c1-8-9-10-11-15-17-12(13(2,3)4)16-14(5,6)7/h12H,8-11H2,1-7H3. The maximum absolute atomic E-state index is 5.86. The highest BCUT2D eigenvalue weighted by Gasteiger charge is 2.31. The van der Waals surface area contributed by atoms with Crippen molar-refractivity contribution in [2.45, 2.75) is 79.6 Å². The Morgan fingerprint density at radius 1 is 0.941 bits per heavy atom. The van der Waals surface area contributed by atoms with Crippen LogP contribution in [-0.2, 0) is 14.5 Å². The SMILES string of the molecule is CCCCCOOC(OC(C)(C)C)C(C)(C)C. The van der Waals surface area contributed by atoms with E-state index in [1.165, 1.54) is 12.8 Å². The summed E-state index contributed by atoms with van der Waals surface area (Å²) in [4.78, 5) is 10.7. The molecule has 104 valence electrons. The fourth-order valence-corrected chi connectivity index (χ4v) is 1.18. The summed E-state index contributed by atoms with van der Waals surface area (Å²) in [5, 5.41) is 0. The average molecular weight is 246 g/mol. The van der Waals surface area contributed by atoms with Crippen molar-refractivity contribution in [3.63, 3.8) is 0 Å². The van der Waals surface area contributed by atoms with E-state index in [1.807, 2.05) is 20.8 Å². The van der Waals surface area contributed by atoms with E-state index in [0.717, 1.165) is 6.42 Å². The van der Waals surface area contributed by atoms with Crippen LogP contribution in [0.15, 0.2) is 0 Å². The normalized spacial score (nSPS) is 15.0. The van der Waals surface area contributed by atoms with Crippen molar-refractivity contribution in [1.82, 2.24) is 0 Å². The Morgan fingerprint density at radius 2 is 1.53 bits per heavy atom. The van der Waals surface area contributed by atoms with E-state index in [4.69, 9.17) is 14.5 Å². The van der Waals surface area contributed by atoms with Gasteiger partial charge in [-0.1, -0.05) is 40.5 Å². The zero-order valence-electron chi connectivity index (χ0n) is 12.6. The Bertz CT molecular complexity index is 189. The van der Waals surface area contributed by atoms with Crippen LogP contribution in [-0.4, -0.2) is 18.5 Å². The molecule has 0 rings (SSSR count). The lowest BCUT2D eigenvalue weighted by molar-refractivity contribution is -0.412. The molecule has 0 aliphatic rings.